The molecule has 4 aromatic carbocycles. The van der Waals surface area contributed by atoms with E-state index in [0.717, 1.165) is 26.9 Å². The summed E-state index contributed by atoms with van der Waals surface area (Å²) >= 11 is 0. The molecule has 0 aliphatic carbocycles. The van der Waals surface area contributed by atoms with Crippen LogP contribution in [0.3, 0.4) is 0 Å². The minimum absolute atomic E-state index is 0. The first-order chi connectivity index (χ1) is 21.9. The van der Waals surface area contributed by atoms with Crippen LogP contribution in [-0.2, 0) is 13.0 Å². The summed E-state index contributed by atoms with van der Waals surface area (Å²) in [6.45, 7) is 0.0548. The van der Waals surface area contributed by atoms with Crippen LogP contribution in [-0.4, -0.2) is 46.0 Å². The first-order valence-electron chi connectivity index (χ1n) is 14.3. The van der Waals surface area contributed by atoms with Gasteiger partial charge in [0.1, 0.15) is 0 Å². The molecule has 0 spiro atoms. The molecule has 0 fully saturated rings. The molecule has 1 aliphatic rings. The van der Waals surface area contributed by atoms with Crippen molar-refractivity contribution in [1.29, 1.82) is 0 Å². The third-order valence-electron chi connectivity index (χ3n) is 8.02. The number of nitrogens with zero attached hydrogens (tertiary/aromatic N) is 2. The van der Waals surface area contributed by atoms with E-state index >= 15 is 0 Å². The van der Waals surface area contributed by atoms with Crippen molar-refractivity contribution >= 4 is 34.1 Å². The topological polar surface area (TPSA) is 95.3 Å². The standard InChI is InChI=1S/C36H31N2O7.BrH/c1-42-31-14-9-22(18-32(31)43-2)17-29-28-20-34(45-4)33(44-3)19-24(28)15-16-37(29)21-30(39)23-10-12-25(13-11-23)38-35(40)26-7-5-6-8-27(26)36(38)41;/h5-16,18-20H,17,21H2,1-4H3;1H/q+1;/p-1. The lowest BCUT2D eigenvalue weighted by atomic mass is 10.0. The average Bonchev–Trinajstić information content (AvgIpc) is 3.33. The maximum absolute atomic E-state index is 13.7. The smallest absolute Gasteiger partial charge is 0.266 e. The summed E-state index contributed by atoms with van der Waals surface area (Å²) in [5.41, 5.74) is 3.44. The second kappa shape index (κ2) is 13.4. The van der Waals surface area contributed by atoms with E-state index in [1.807, 2.05) is 47.2 Å². The van der Waals surface area contributed by atoms with Gasteiger partial charge in [-0.15, -0.1) is 0 Å². The van der Waals surface area contributed by atoms with Gasteiger partial charge in [-0.1, -0.05) is 18.2 Å². The van der Waals surface area contributed by atoms with Gasteiger partial charge >= 0.3 is 0 Å². The van der Waals surface area contributed by atoms with Gasteiger partial charge in [-0.2, -0.15) is 4.57 Å². The highest BCUT2D eigenvalue weighted by molar-refractivity contribution is 6.34. The molecule has 0 saturated carbocycles. The van der Waals surface area contributed by atoms with E-state index in [9.17, 15) is 14.4 Å². The monoisotopic (exact) mass is 682 g/mol. The van der Waals surface area contributed by atoms with Crippen molar-refractivity contribution in [3.63, 3.8) is 0 Å². The highest BCUT2D eigenvalue weighted by Crippen LogP contribution is 2.35. The number of fused-ring (bicyclic) bond motifs is 2. The average molecular weight is 684 g/mol. The fourth-order valence-electron chi connectivity index (χ4n) is 5.69. The Kier molecular flexibility index (Phi) is 9.39. The number of ketones is 1. The number of rotatable bonds is 10. The number of aromatic nitrogens is 1. The van der Waals surface area contributed by atoms with Crippen LogP contribution in [0.1, 0.15) is 42.3 Å². The minimum atomic E-state index is -0.381. The lowest BCUT2D eigenvalue weighted by Gasteiger charge is -2.14. The SMILES string of the molecule is COc1ccc(Cc2c3cc(OC)c(OC)cc3cc[n+]2CC(=O)c2ccc(N3C(=O)c4ccccc4C3=O)cc2)cc1OC.[Br-]. The molecule has 5 aromatic rings. The highest BCUT2D eigenvalue weighted by Gasteiger charge is 2.36. The van der Waals surface area contributed by atoms with E-state index in [2.05, 4.69) is 0 Å². The number of carbonyl (C=O) groups excluding carboxylic acids is 3. The maximum atomic E-state index is 13.7. The van der Waals surface area contributed by atoms with E-state index < -0.39 is 0 Å². The number of pyridine rings is 1. The molecule has 0 unspecified atom stereocenters. The highest BCUT2D eigenvalue weighted by atomic mass is 79.9. The molecule has 0 radical (unpaired) electrons. The van der Waals surface area contributed by atoms with Crippen LogP contribution in [0.4, 0.5) is 5.69 Å². The molecule has 1 aliphatic heterocycles. The zero-order valence-electron chi connectivity index (χ0n) is 25.7. The number of amides is 2. The number of anilines is 1. The Hall–Kier alpha value is -5.22. The Bertz CT molecular complexity index is 1940. The molecule has 2 heterocycles. The molecule has 10 heteroatoms. The summed E-state index contributed by atoms with van der Waals surface area (Å²) in [5, 5.41) is 1.83. The molecule has 0 N–H and O–H groups in total. The summed E-state index contributed by atoms with van der Waals surface area (Å²) in [6.07, 6.45) is 2.37. The van der Waals surface area contributed by atoms with Crippen LogP contribution >= 0.6 is 0 Å². The largest absolute Gasteiger partial charge is 1.00 e. The quantitative estimate of drug-likeness (QED) is 0.127. The van der Waals surface area contributed by atoms with Crippen molar-refractivity contribution < 1.29 is 54.9 Å². The van der Waals surface area contributed by atoms with Gasteiger partial charge in [-0.25, -0.2) is 4.90 Å². The Labute approximate surface area is 276 Å². The molecule has 6 rings (SSSR count). The van der Waals surface area contributed by atoms with E-state index in [0.29, 0.717) is 51.8 Å². The van der Waals surface area contributed by atoms with E-state index in [1.54, 1.807) is 77.0 Å². The zero-order chi connectivity index (χ0) is 31.7. The molecule has 234 valence electrons. The number of carbonyl (C=O) groups is 3. The van der Waals surface area contributed by atoms with Gasteiger partial charge in [-0.05, 0) is 71.6 Å². The first-order valence-corrected chi connectivity index (χ1v) is 14.3. The molecule has 2 amide bonds. The van der Waals surface area contributed by atoms with Gasteiger partial charge in [-0.3, -0.25) is 14.4 Å². The van der Waals surface area contributed by atoms with Crippen molar-refractivity contribution in [2.45, 2.75) is 13.0 Å². The first kappa shape index (κ1) is 32.2. The van der Waals surface area contributed by atoms with E-state index in [4.69, 9.17) is 18.9 Å². The van der Waals surface area contributed by atoms with Crippen molar-refractivity contribution in [2.75, 3.05) is 33.3 Å². The lowest BCUT2D eigenvalue weighted by molar-refractivity contribution is -0.688. The molecular weight excluding hydrogens is 652 g/mol. The van der Waals surface area contributed by atoms with Crippen molar-refractivity contribution in [3.8, 4) is 23.0 Å². The molecule has 0 atom stereocenters. The second-order valence-corrected chi connectivity index (χ2v) is 10.5. The number of hydrogen-bond acceptors (Lipinski definition) is 7. The van der Waals surface area contributed by atoms with Crippen molar-refractivity contribution in [2.24, 2.45) is 0 Å². The van der Waals surface area contributed by atoms with Crippen LogP contribution < -0.4 is 45.4 Å². The van der Waals surface area contributed by atoms with Crippen LogP contribution in [0.5, 0.6) is 23.0 Å². The summed E-state index contributed by atoms with van der Waals surface area (Å²) in [7, 11) is 6.36. The van der Waals surface area contributed by atoms with Gasteiger partial charge in [0.05, 0.1) is 57.1 Å². The molecular formula is C36H31BrN2O7. The fraction of sp³-hybridized carbons (Fsp3) is 0.167. The Balaban J connectivity index is 0.00000417. The lowest BCUT2D eigenvalue weighted by Crippen LogP contribution is -3.00. The minimum Gasteiger partial charge on any atom is -1.00 e. The molecule has 0 saturated heterocycles. The van der Waals surface area contributed by atoms with Gasteiger partial charge in [0, 0.05) is 11.6 Å². The number of hydrogen-bond donors (Lipinski definition) is 0. The fourth-order valence-corrected chi connectivity index (χ4v) is 5.69. The van der Waals surface area contributed by atoms with Gasteiger partial charge in [0.25, 0.3) is 11.8 Å². The van der Waals surface area contributed by atoms with E-state index in [-0.39, 0.29) is 41.1 Å². The number of imide groups is 1. The molecule has 1 aromatic heterocycles. The van der Waals surface area contributed by atoms with Crippen LogP contribution in [0.15, 0.2) is 91.1 Å². The number of halogens is 1. The number of ether oxygens (including phenoxy) is 4. The number of benzene rings is 4. The van der Waals surface area contributed by atoms with Crippen LogP contribution in [0.25, 0.3) is 10.8 Å². The van der Waals surface area contributed by atoms with E-state index in [1.165, 1.54) is 0 Å². The Morgan fingerprint density at radius 1 is 0.696 bits per heavy atom. The second-order valence-electron chi connectivity index (χ2n) is 10.5. The summed E-state index contributed by atoms with van der Waals surface area (Å²) in [5.74, 6) is 1.51. The predicted octanol–water partition coefficient (Wildman–Crippen LogP) is 2.44. The van der Waals surface area contributed by atoms with Gasteiger partial charge in [0.15, 0.2) is 34.9 Å². The number of Topliss-reactive ketones (excluding diaryl/α,β-unsaturated/α-hetero) is 1. The van der Waals surface area contributed by atoms with Gasteiger partial charge in [0.2, 0.25) is 12.3 Å². The molecule has 0 bridgehead atoms. The third kappa shape index (κ3) is 5.79. The normalized spacial score (nSPS) is 12.0. The summed E-state index contributed by atoms with van der Waals surface area (Å²) in [4.78, 5) is 40.6. The summed E-state index contributed by atoms with van der Waals surface area (Å²) in [6, 6.07) is 24.8. The van der Waals surface area contributed by atoms with Crippen LogP contribution in [0.2, 0.25) is 0 Å². The Morgan fingerprint density at radius 2 is 1.28 bits per heavy atom. The van der Waals surface area contributed by atoms with Gasteiger partial charge < -0.3 is 35.9 Å². The van der Waals surface area contributed by atoms with Crippen LogP contribution in [0, 0.1) is 0 Å². The summed E-state index contributed by atoms with van der Waals surface area (Å²) < 4.78 is 24.0. The third-order valence-corrected chi connectivity index (χ3v) is 8.02. The molecule has 9 nitrogen and oxygen atoms in total. The Morgan fingerprint density at radius 3 is 1.89 bits per heavy atom. The van der Waals surface area contributed by atoms with Crippen molar-refractivity contribution in [1.82, 2.24) is 0 Å². The maximum Gasteiger partial charge on any atom is 0.266 e. The zero-order valence-corrected chi connectivity index (χ0v) is 27.3. The number of methoxy groups -OCH3 is 4. The predicted molar refractivity (Wildman–Crippen MR) is 168 cm³/mol. The molecule has 46 heavy (non-hydrogen) atoms. The van der Waals surface area contributed by atoms with Crippen molar-refractivity contribution in [3.05, 3.63) is 119 Å².